The minimum Gasteiger partial charge on any atom is -0.496 e. The average molecular weight is 279 g/mol. The molecule has 5 heteroatoms. The minimum atomic E-state index is -0.299. The van der Waals surface area contributed by atoms with Crippen LogP contribution in [0.4, 0.5) is 0 Å². The van der Waals surface area contributed by atoms with Crippen molar-refractivity contribution in [2.45, 2.75) is 32.9 Å². The summed E-state index contributed by atoms with van der Waals surface area (Å²) < 4.78 is 5.33. The Morgan fingerprint density at radius 2 is 2.15 bits per heavy atom. The first-order chi connectivity index (χ1) is 9.60. The highest BCUT2D eigenvalue weighted by atomic mass is 16.5. The van der Waals surface area contributed by atoms with Gasteiger partial charge in [0, 0.05) is 18.7 Å². The molecule has 0 aliphatic heterocycles. The summed E-state index contributed by atoms with van der Waals surface area (Å²) >= 11 is 0. The molecule has 0 atom stereocenters. The zero-order valence-electron chi connectivity index (χ0n) is 12.4. The SMILES string of the molecule is CCCCN(CC(N)=O)Cc1ccc(CN)c(OC)c1. The summed E-state index contributed by atoms with van der Waals surface area (Å²) in [4.78, 5) is 13.2. The first kappa shape index (κ1) is 16.5. The van der Waals surface area contributed by atoms with Gasteiger partial charge in [0.1, 0.15) is 5.75 Å². The number of nitrogens with zero attached hydrogens (tertiary/aromatic N) is 1. The van der Waals surface area contributed by atoms with E-state index in [0.29, 0.717) is 13.1 Å². The van der Waals surface area contributed by atoms with Gasteiger partial charge in [0.15, 0.2) is 0 Å². The number of carbonyl (C=O) groups is 1. The summed E-state index contributed by atoms with van der Waals surface area (Å²) in [6, 6.07) is 5.96. The molecule has 0 saturated heterocycles. The molecule has 4 N–H and O–H groups in total. The third-order valence-electron chi connectivity index (χ3n) is 3.18. The molecule has 112 valence electrons. The normalized spacial score (nSPS) is 10.8. The lowest BCUT2D eigenvalue weighted by Gasteiger charge is -2.21. The van der Waals surface area contributed by atoms with Crippen LogP contribution in [0.2, 0.25) is 0 Å². The van der Waals surface area contributed by atoms with Crippen molar-refractivity contribution in [3.63, 3.8) is 0 Å². The molecule has 0 spiro atoms. The average Bonchev–Trinajstić information content (AvgIpc) is 2.44. The van der Waals surface area contributed by atoms with Crippen LogP contribution in [0.25, 0.3) is 0 Å². The van der Waals surface area contributed by atoms with Gasteiger partial charge in [0.25, 0.3) is 0 Å². The van der Waals surface area contributed by atoms with Gasteiger partial charge in [-0.25, -0.2) is 0 Å². The number of hydrogen-bond acceptors (Lipinski definition) is 4. The largest absolute Gasteiger partial charge is 0.496 e. The topological polar surface area (TPSA) is 81.6 Å². The summed E-state index contributed by atoms with van der Waals surface area (Å²) in [5, 5.41) is 0. The zero-order valence-corrected chi connectivity index (χ0v) is 12.4. The molecule has 20 heavy (non-hydrogen) atoms. The molecule has 0 bridgehead atoms. The number of methoxy groups -OCH3 is 1. The van der Waals surface area contributed by atoms with Crippen LogP contribution in [0.1, 0.15) is 30.9 Å². The van der Waals surface area contributed by atoms with E-state index in [4.69, 9.17) is 16.2 Å². The summed E-state index contributed by atoms with van der Waals surface area (Å²) in [6.45, 7) is 4.40. The van der Waals surface area contributed by atoms with Gasteiger partial charge in [-0.15, -0.1) is 0 Å². The number of nitrogens with two attached hydrogens (primary N) is 2. The maximum atomic E-state index is 11.1. The fourth-order valence-electron chi connectivity index (χ4n) is 2.13. The van der Waals surface area contributed by atoms with Gasteiger partial charge in [-0.3, -0.25) is 9.69 Å². The second kappa shape index (κ2) is 8.55. The second-order valence-electron chi connectivity index (χ2n) is 4.88. The van der Waals surface area contributed by atoms with E-state index >= 15 is 0 Å². The second-order valence-corrected chi connectivity index (χ2v) is 4.88. The Balaban J connectivity index is 2.78. The van der Waals surface area contributed by atoms with Crippen LogP contribution < -0.4 is 16.2 Å². The minimum absolute atomic E-state index is 0.279. The quantitative estimate of drug-likeness (QED) is 0.712. The molecular weight excluding hydrogens is 254 g/mol. The molecule has 0 unspecified atom stereocenters. The van der Waals surface area contributed by atoms with Crippen molar-refractivity contribution in [2.24, 2.45) is 11.5 Å². The lowest BCUT2D eigenvalue weighted by atomic mass is 10.1. The van der Waals surface area contributed by atoms with E-state index in [1.165, 1.54) is 0 Å². The Labute approximate surface area is 120 Å². The molecule has 0 saturated carbocycles. The van der Waals surface area contributed by atoms with E-state index in [1.807, 2.05) is 18.2 Å². The molecule has 1 rings (SSSR count). The third kappa shape index (κ3) is 5.19. The maximum Gasteiger partial charge on any atom is 0.231 e. The first-order valence-electron chi connectivity index (χ1n) is 6.97. The highest BCUT2D eigenvalue weighted by Crippen LogP contribution is 2.20. The maximum absolute atomic E-state index is 11.1. The molecule has 1 amide bonds. The van der Waals surface area contributed by atoms with E-state index in [1.54, 1.807) is 7.11 Å². The Kier molecular flexibility index (Phi) is 7.04. The van der Waals surface area contributed by atoms with Gasteiger partial charge in [-0.05, 0) is 24.6 Å². The third-order valence-corrected chi connectivity index (χ3v) is 3.18. The number of unbranched alkanes of at least 4 members (excludes halogenated alkanes) is 1. The standard InChI is InChI=1S/C15H25N3O2/c1-3-4-7-18(11-15(17)19)10-12-5-6-13(9-16)14(8-12)20-2/h5-6,8H,3-4,7,9-11,16H2,1-2H3,(H2,17,19). The Bertz CT molecular complexity index is 435. The number of carbonyl (C=O) groups excluding carboxylic acids is 1. The smallest absolute Gasteiger partial charge is 0.231 e. The van der Waals surface area contributed by atoms with Crippen LogP contribution in [-0.2, 0) is 17.9 Å². The molecule has 0 aliphatic rings. The Hall–Kier alpha value is -1.59. The van der Waals surface area contributed by atoms with Crippen LogP contribution in [0.5, 0.6) is 5.75 Å². The number of rotatable bonds is 9. The van der Waals surface area contributed by atoms with E-state index in [-0.39, 0.29) is 12.5 Å². The van der Waals surface area contributed by atoms with Crippen LogP contribution >= 0.6 is 0 Å². The van der Waals surface area contributed by atoms with Gasteiger partial charge >= 0.3 is 0 Å². The van der Waals surface area contributed by atoms with Crippen LogP contribution in [-0.4, -0.2) is 31.0 Å². The monoisotopic (exact) mass is 279 g/mol. The molecule has 0 aromatic heterocycles. The van der Waals surface area contributed by atoms with E-state index in [2.05, 4.69) is 11.8 Å². The Morgan fingerprint density at radius 1 is 1.40 bits per heavy atom. The van der Waals surface area contributed by atoms with E-state index in [0.717, 1.165) is 36.3 Å². The lowest BCUT2D eigenvalue weighted by Crippen LogP contribution is -2.34. The number of ether oxygens (including phenoxy) is 1. The summed E-state index contributed by atoms with van der Waals surface area (Å²) in [6.07, 6.45) is 2.13. The molecule has 0 aliphatic carbocycles. The number of hydrogen-bond donors (Lipinski definition) is 2. The predicted octanol–water partition coefficient (Wildman–Crippen LogP) is 1.24. The van der Waals surface area contributed by atoms with Gasteiger partial charge in [-0.1, -0.05) is 25.5 Å². The van der Waals surface area contributed by atoms with Crippen LogP contribution in [0.15, 0.2) is 18.2 Å². The van der Waals surface area contributed by atoms with Crippen LogP contribution in [0.3, 0.4) is 0 Å². The van der Waals surface area contributed by atoms with Crippen molar-refractivity contribution in [1.29, 1.82) is 0 Å². The van der Waals surface area contributed by atoms with Gasteiger partial charge in [0.05, 0.1) is 13.7 Å². The van der Waals surface area contributed by atoms with Gasteiger partial charge in [-0.2, -0.15) is 0 Å². The number of benzene rings is 1. The molecule has 1 aromatic rings. The Morgan fingerprint density at radius 3 is 2.70 bits per heavy atom. The van der Waals surface area contributed by atoms with Gasteiger partial charge in [0.2, 0.25) is 5.91 Å². The van der Waals surface area contributed by atoms with E-state index in [9.17, 15) is 4.79 Å². The van der Waals surface area contributed by atoms with Crippen molar-refractivity contribution in [3.05, 3.63) is 29.3 Å². The van der Waals surface area contributed by atoms with Crippen molar-refractivity contribution < 1.29 is 9.53 Å². The van der Waals surface area contributed by atoms with Crippen molar-refractivity contribution in [2.75, 3.05) is 20.2 Å². The fraction of sp³-hybridized carbons (Fsp3) is 0.533. The summed E-state index contributed by atoms with van der Waals surface area (Å²) in [7, 11) is 1.64. The molecule has 5 nitrogen and oxygen atoms in total. The number of primary amides is 1. The van der Waals surface area contributed by atoms with Crippen LogP contribution in [0, 0.1) is 0 Å². The van der Waals surface area contributed by atoms with E-state index < -0.39 is 0 Å². The molecule has 1 aromatic carbocycles. The number of amides is 1. The molecule has 0 heterocycles. The first-order valence-corrected chi connectivity index (χ1v) is 6.97. The molecular formula is C15H25N3O2. The van der Waals surface area contributed by atoms with Gasteiger partial charge < -0.3 is 16.2 Å². The van der Waals surface area contributed by atoms with Crippen molar-refractivity contribution in [3.8, 4) is 5.75 Å². The van der Waals surface area contributed by atoms with Crippen molar-refractivity contribution >= 4 is 5.91 Å². The van der Waals surface area contributed by atoms with Crippen molar-refractivity contribution in [1.82, 2.24) is 4.90 Å². The summed E-state index contributed by atoms with van der Waals surface area (Å²) in [5.74, 6) is 0.492. The lowest BCUT2D eigenvalue weighted by molar-refractivity contribution is -0.119. The predicted molar refractivity (Wildman–Crippen MR) is 80.3 cm³/mol. The highest BCUT2D eigenvalue weighted by Gasteiger charge is 2.10. The summed E-state index contributed by atoms with van der Waals surface area (Å²) in [5.41, 5.74) is 13.0. The fourth-order valence-corrected chi connectivity index (χ4v) is 2.13. The molecule has 0 fully saturated rings. The highest BCUT2D eigenvalue weighted by molar-refractivity contribution is 5.75. The molecule has 0 radical (unpaired) electrons. The zero-order chi connectivity index (χ0) is 15.0.